The average molecular weight is 303 g/mol. The molecule has 0 aromatic heterocycles. The molecule has 0 aromatic rings. The van der Waals surface area contributed by atoms with Crippen LogP contribution in [0.5, 0.6) is 0 Å². The van der Waals surface area contributed by atoms with Crippen LogP contribution < -0.4 is 0 Å². The van der Waals surface area contributed by atoms with E-state index >= 15 is 0 Å². The topological polar surface area (TPSA) is 121 Å². The monoisotopic (exact) mass is 304 g/mol. The molecule has 0 unspecified atom stereocenters. The van der Waals surface area contributed by atoms with Gasteiger partial charge in [0.05, 0.1) is 13.2 Å². The van der Waals surface area contributed by atoms with Gasteiger partial charge in [0, 0.05) is 0 Å². The maximum atomic E-state index is 8.96. The molecule has 0 rings (SSSR count). The molecular formula is C6H16O6Sn. The number of rotatable bonds is 5. The predicted octanol–water partition coefficient (Wildman–Crippen LogP) is -4.50. The van der Waals surface area contributed by atoms with Crippen LogP contribution in [0.3, 0.4) is 0 Å². The number of hydrogen-bond donors (Lipinski definition) is 6. The van der Waals surface area contributed by atoms with Crippen LogP contribution in [0.4, 0.5) is 0 Å². The van der Waals surface area contributed by atoms with Gasteiger partial charge in [-0.2, -0.15) is 0 Å². The van der Waals surface area contributed by atoms with E-state index in [1.165, 1.54) is 0 Å². The van der Waals surface area contributed by atoms with Gasteiger partial charge in [-0.25, -0.2) is 0 Å². The van der Waals surface area contributed by atoms with Gasteiger partial charge >= 0.3 is 23.9 Å². The number of aliphatic hydroxyl groups is 6. The van der Waals surface area contributed by atoms with Gasteiger partial charge in [-0.05, 0) is 0 Å². The first-order chi connectivity index (χ1) is 5.54. The molecule has 0 spiro atoms. The molecule has 0 heterocycles. The third kappa shape index (κ3) is 5.11. The van der Waals surface area contributed by atoms with Gasteiger partial charge in [-0.3, -0.25) is 0 Å². The minimum atomic E-state index is -1.67. The summed E-state index contributed by atoms with van der Waals surface area (Å²) >= 11 is 0. The summed E-state index contributed by atoms with van der Waals surface area (Å²) in [5.41, 5.74) is 0. The minimum absolute atomic E-state index is 0. The van der Waals surface area contributed by atoms with Crippen molar-refractivity contribution in [3.8, 4) is 0 Å². The van der Waals surface area contributed by atoms with Crippen molar-refractivity contribution in [3.63, 3.8) is 0 Å². The summed E-state index contributed by atoms with van der Waals surface area (Å²) in [6.07, 6.45) is -6.39. The Kier molecular flexibility index (Phi) is 9.75. The molecule has 0 aliphatic heterocycles. The van der Waals surface area contributed by atoms with Crippen LogP contribution in [0.15, 0.2) is 0 Å². The fraction of sp³-hybridized carbons (Fsp3) is 1.00. The van der Waals surface area contributed by atoms with Crippen LogP contribution in [0, 0.1) is 0 Å². The molecule has 0 bridgehead atoms. The number of aliphatic hydroxyl groups excluding tert-OH is 6. The van der Waals surface area contributed by atoms with Gasteiger partial charge in [0.1, 0.15) is 24.4 Å². The Labute approximate surface area is 92.4 Å². The summed E-state index contributed by atoms with van der Waals surface area (Å²) in [6, 6.07) is 0. The second-order valence-corrected chi connectivity index (χ2v) is 2.48. The van der Waals surface area contributed by atoms with Crippen molar-refractivity contribution < 1.29 is 30.6 Å². The van der Waals surface area contributed by atoms with Gasteiger partial charge in [0.15, 0.2) is 0 Å². The first kappa shape index (κ1) is 16.0. The van der Waals surface area contributed by atoms with E-state index in [2.05, 4.69) is 0 Å². The molecule has 0 amide bonds. The first-order valence-corrected chi connectivity index (χ1v) is 3.48. The van der Waals surface area contributed by atoms with Crippen LogP contribution in [0.2, 0.25) is 0 Å². The molecule has 0 fully saturated rings. The molecule has 0 saturated heterocycles. The quantitative estimate of drug-likeness (QED) is 0.285. The van der Waals surface area contributed by atoms with E-state index in [0.717, 1.165) is 0 Å². The Bertz CT molecular complexity index is 110. The van der Waals surface area contributed by atoms with E-state index in [1.807, 2.05) is 0 Å². The normalized spacial score (nSPS) is 19.8. The van der Waals surface area contributed by atoms with Crippen LogP contribution >= 0.6 is 0 Å². The Morgan fingerprint density at radius 1 is 0.692 bits per heavy atom. The molecule has 0 aromatic carbocycles. The first-order valence-electron chi connectivity index (χ1n) is 3.48. The van der Waals surface area contributed by atoms with E-state index < -0.39 is 37.6 Å². The third-order valence-electron chi connectivity index (χ3n) is 1.51. The zero-order chi connectivity index (χ0) is 9.72. The summed E-state index contributed by atoms with van der Waals surface area (Å²) in [5.74, 6) is 0. The van der Waals surface area contributed by atoms with E-state index in [-0.39, 0.29) is 23.9 Å². The molecule has 0 aliphatic carbocycles. The Balaban J connectivity index is 0. The molecule has 80 valence electrons. The summed E-state index contributed by atoms with van der Waals surface area (Å²) in [5, 5.41) is 52.2. The Morgan fingerprint density at radius 2 is 0.923 bits per heavy atom. The van der Waals surface area contributed by atoms with Gasteiger partial charge in [-0.15, -0.1) is 0 Å². The molecule has 6 N–H and O–H groups in total. The SMILES string of the molecule is OC[C@@H](O)[C@@H](O)[C@H](O)[C@H](O)CO.[SnH2]. The fourth-order valence-corrected chi connectivity index (χ4v) is 0.671. The molecule has 4 atom stereocenters. The van der Waals surface area contributed by atoms with Gasteiger partial charge in [0.2, 0.25) is 0 Å². The van der Waals surface area contributed by atoms with Crippen molar-refractivity contribution >= 4 is 23.9 Å². The van der Waals surface area contributed by atoms with Crippen molar-refractivity contribution in [2.45, 2.75) is 24.4 Å². The van der Waals surface area contributed by atoms with Crippen molar-refractivity contribution in [3.05, 3.63) is 0 Å². The van der Waals surface area contributed by atoms with Crippen molar-refractivity contribution in [1.29, 1.82) is 0 Å². The zero-order valence-corrected chi connectivity index (χ0v) is 11.2. The summed E-state index contributed by atoms with van der Waals surface area (Å²) < 4.78 is 0. The van der Waals surface area contributed by atoms with E-state index in [0.29, 0.717) is 0 Å². The molecule has 7 heteroatoms. The zero-order valence-electron chi connectivity index (χ0n) is 7.11. The molecular weight excluding hydrogens is 287 g/mol. The molecule has 0 aliphatic rings. The maximum absolute atomic E-state index is 8.96. The van der Waals surface area contributed by atoms with Crippen molar-refractivity contribution in [2.24, 2.45) is 0 Å². The fourth-order valence-electron chi connectivity index (χ4n) is 0.671. The number of hydrogen-bond acceptors (Lipinski definition) is 6. The van der Waals surface area contributed by atoms with E-state index in [4.69, 9.17) is 30.6 Å². The molecule has 0 saturated carbocycles. The van der Waals surface area contributed by atoms with Gasteiger partial charge < -0.3 is 30.6 Å². The predicted molar refractivity (Wildman–Crippen MR) is 46.7 cm³/mol. The Hall–Kier alpha value is 0.559. The third-order valence-corrected chi connectivity index (χ3v) is 1.51. The summed E-state index contributed by atoms with van der Waals surface area (Å²) in [4.78, 5) is 0. The summed E-state index contributed by atoms with van der Waals surface area (Å²) in [7, 11) is 0. The van der Waals surface area contributed by atoms with Gasteiger partial charge in [0.25, 0.3) is 0 Å². The molecule has 2 radical (unpaired) electrons. The molecule has 13 heavy (non-hydrogen) atoms. The summed E-state index contributed by atoms with van der Waals surface area (Å²) in [6.45, 7) is -1.45. The van der Waals surface area contributed by atoms with E-state index in [1.54, 1.807) is 0 Å². The second-order valence-electron chi connectivity index (χ2n) is 2.48. The van der Waals surface area contributed by atoms with E-state index in [9.17, 15) is 0 Å². The van der Waals surface area contributed by atoms with Crippen LogP contribution in [0.25, 0.3) is 0 Å². The average Bonchev–Trinajstić information content (AvgIpc) is 2.12. The Morgan fingerprint density at radius 3 is 1.08 bits per heavy atom. The van der Waals surface area contributed by atoms with Crippen LogP contribution in [-0.2, 0) is 0 Å². The van der Waals surface area contributed by atoms with Crippen LogP contribution in [-0.4, -0.2) is 92.2 Å². The van der Waals surface area contributed by atoms with Crippen molar-refractivity contribution in [2.75, 3.05) is 13.2 Å². The van der Waals surface area contributed by atoms with Crippen LogP contribution in [0.1, 0.15) is 0 Å². The van der Waals surface area contributed by atoms with Crippen molar-refractivity contribution in [1.82, 2.24) is 0 Å². The standard InChI is InChI=1S/C6H14O6.Sn.2H/c7-1-3(9)5(11)6(12)4(10)2-8;;;/h3-12H,1-2H2;;;/t3-,4-,5-,6-;;;/m1.../s1. The van der Waals surface area contributed by atoms with Gasteiger partial charge in [-0.1, -0.05) is 0 Å². The second kappa shape index (κ2) is 7.92. The molecule has 6 nitrogen and oxygen atoms in total.